The number of rotatable bonds is 1. The third-order valence-electron chi connectivity index (χ3n) is 7.36. The Bertz CT molecular complexity index is 933. The zero-order valence-electron chi connectivity index (χ0n) is 15.7. The average Bonchev–Trinajstić information content (AvgIpc) is 2.93. The Balaban J connectivity index is 1.50. The van der Waals surface area contributed by atoms with E-state index in [0.29, 0.717) is 29.3 Å². The molecule has 1 N–H and O–H groups in total. The zero-order chi connectivity index (χ0) is 18.6. The van der Waals surface area contributed by atoms with E-state index in [4.69, 9.17) is 0 Å². The predicted molar refractivity (Wildman–Crippen MR) is 105 cm³/mol. The largest absolute Gasteiger partial charge is 0.508 e. The van der Waals surface area contributed by atoms with Crippen LogP contribution in [0.5, 0.6) is 5.75 Å². The van der Waals surface area contributed by atoms with Gasteiger partial charge in [-0.25, -0.2) is 0 Å². The van der Waals surface area contributed by atoms with E-state index >= 15 is 0 Å². The minimum Gasteiger partial charge on any atom is -0.508 e. The molecule has 0 bridgehead atoms. The van der Waals surface area contributed by atoms with Gasteiger partial charge in [0.15, 0.2) is 5.78 Å². The number of phenols is 1. The summed E-state index contributed by atoms with van der Waals surface area (Å²) in [5.41, 5.74) is 4.31. The molecular formula is C24H25NO2. The molecule has 4 atom stereocenters. The number of phenolic OH excluding ortho intramolecular Hbond substituents is 1. The molecule has 3 heteroatoms. The van der Waals surface area contributed by atoms with E-state index in [-0.39, 0.29) is 5.41 Å². The van der Waals surface area contributed by atoms with Gasteiger partial charge in [-0.1, -0.05) is 19.1 Å². The van der Waals surface area contributed by atoms with E-state index in [0.717, 1.165) is 43.4 Å². The topological polar surface area (TPSA) is 50.2 Å². The summed E-state index contributed by atoms with van der Waals surface area (Å²) < 4.78 is 0. The molecule has 0 spiro atoms. The molecule has 3 aliphatic carbocycles. The molecule has 1 aromatic carbocycles. The molecule has 2 fully saturated rings. The maximum atomic E-state index is 13.3. The quantitative estimate of drug-likeness (QED) is 0.736. The molecule has 0 aliphatic heterocycles. The van der Waals surface area contributed by atoms with Gasteiger partial charge in [-0.3, -0.25) is 9.78 Å². The number of aromatic hydroxyl groups is 1. The average molecular weight is 359 g/mol. The molecule has 0 amide bonds. The molecule has 27 heavy (non-hydrogen) atoms. The first-order valence-electron chi connectivity index (χ1n) is 10.0. The van der Waals surface area contributed by atoms with Gasteiger partial charge in [0.05, 0.1) is 5.69 Å². The van der Waals surface area contributed by atoms with Crippen LogP contribution in [0.25, 0.3) is 6.08 Å². The van der Waals surface area contributed by atoms with Gasteiger partial charge in [-0.05, 0) is 96.9 Å². The highest BCUT2D eigenvalue weighted by Gasteiger charge is 2.56. The van der Waals surface area contributed by atoms with Crippen LogP contribution in [-0.2, 0) is 11.2 Å². The lowest BCUT2D eigenvalue weighted by molar-refractivity contribution is -0.127. The van der Waals surface area contributed by atoms with Crippen LogP contribution in [-0.4, -0.2) is 15.9 Å². The van der Waals surface area contributed by atoms with Crippen molar-refractivity contribution in [2.45, 2.75) is 44.9 Å². The highest BCUT2D eigenvalue weighted by atomic mass is 16.3. The summed E-state index contributed by atoms with van der Waals surface area (Å²) in [5, 5.41) is 9.83. The second-order valence-electron chi connectivity index (χ2n) is 8.71. The molecule has 0 radical (unpaired) electrons. The van der Waals surface area contributed by atoms with Crippen LogP contribution in [0.15, 0.2) is 48.2 Å². The fourth-order valence-corrected chi connectivity index (χ4v) is 6.01. The number of hydrogen-bond donors (Lipinski definition) is 1. The van der Waals surface area contributed by atoms with Crippen molar-refractivity contribution in [3.63, 3.8) is 0 Å². The van der Waals surface area contributed by atoms with Crippen molar-refractivity contribution >= 4 is 11.9 Å². The van der Waals surface area contributed by atoms with Crippen molar-refractivity contribution in [1.29, 1.82) is 0 Å². The van der Waals surface area contributed by atoms with Crippen LogP contribution in [0.2, 0.25) is 0 Å². The Kier molecular flexibility index (Phi) is 3.75. The van der Waals surface area contributed by atoms with E-state index in [1.807, 2.05) is 36.4 Å². The minimum atomic E-state index is -0.226. The summed E-state index contributed by atoms with van der Waals surface area (Å²) in [4.78, 5) is 17.7. The Morgan fingerprint density at radius 1 is 1.22 bits per heavy atom. The number of hydrogen-bond acceptors (Lipinski definition) is 3. The molecule has 1 heterocycles. The van der Waals surface area contributed by atoms with Crippen LogP contribution in [0.3, 0.4) is 0 Å². The van der Waals surface area contributed by atoms with Crippen molar-refractivity contribution in [2.75, 3.05) is 0 Å². The Morgan fingerprint density at radius 3 is 2.93 bits per heavy atom. The van der Waals surface area contributed by atoms with Gasteiger partial charge >= 0.3 is 0 Å². The van der Waals surface area contributed by atoms with Crippen molar-refractivity contribution < 1.29 is 9.90 Å². The maximum Gasteiger partial charge on any atom is 0.165 e. The molecule has 3 aliphatic rings. The molecular weight excluding hydrogens is 334 g/mol. The van der Waals surface area contributed by atoms with Crippen LogP contribution in [0.4, 0.5) is 0 Å². The number of Topliss-reactive ketones (excluding diaryl/α,β-unsaturated/α-hetero) is 1. The van der Waals surface area contributed by atoms with Gasteiger partial charge in [0.1, 0.15) is 5.75 Å². The molecule has 3 nitrogen and oxygen atoms in total. The van der Waals surface area contributed by atoms with E-state index in [2.05, 4.69) is 18.0 Å². The van der Waals surface area contributed by atoms with Crippen molar-refractivity contribution in [1.82, 2.24) is 4.98 Å². The number of benzene rings is 1. The number of aromatic nitrogens is 1. The highest BCUT2D eigenvalue weighted by Crippen LogP contribution is 2.60. The molecule has 2 saturated carbocycles. The third kappa shape index (κ3) is 2.55. The van der Waals surface area contributed by atoms with Crippen molar-refractivity contribution in [3.8, 4) is 5.75 Å². The Labute approximate surface area is 160 Å². The summed E-state index contributed by atoms with van der Waals surface area (Å²) in [6.45, 7) is 2.20. The van der Waals surface area contributed by atoms with E-state index in [1.165, 1.54) is 11.1 Å². The van der Waals surface area contributed by atoms with E-state index in [1.54, 1.807) is 6.20 Å². The standard InChI is InChI=1S/C24H25NO2/c1-24-10-9-20-19-8-6-18(26)13-15(19)5-7-21(20)22(24)14-16(23(24)27)12-17-4-2-3-11-25-17/h2-4,6,8,11-13,20-22,26H,5,7,9-10,14H2,1H3/b16-12+. The number of pyridine rings is 1. The lowest BCUT2D eigenvalue weighted by Crippen LogP contribution is -2.42. The summed E-state index contributed by atoms with van der Waals surface area (Å²) in [6.07, 6.45) is 8.81. The zero-order valence-corrected chi connectivity index (χ0v) is 15.7. The second-order valence-corrected chi connectivity index (χ2v) is 8.71. The Morgan fingerprint density at radius 2 is 2.11 bits per heavy atom. The first-order valence-corrected chi connectivity index (χ1v) is 10.0. The van der Waals surface area contributed by atoms with Gasteiger partial charge in [0, 0.05) is 11.6 Å². The first kappa shape index (κ1) is 16.7. The van der Waals surface area contributed by atoms with E-state index in [9.17, 15) is 9.90 Å². The lowest BCUT2D eigenvalue weighted by atomic mass is 9.55. The summed E-state index contributed by atoms with van der Waals surface area (Å²) >= 11 is 0. The fourth-order valence-electron chi connectivity index (χ4n) is 6.01. The molecule has 1 aromatic heterocycles. The predicted octanol–water partition coefficient (Wildman–Crippen LogP) is 4.91. The molecule has 138 valence electrons. The van der Waals surface area contributed by atoms with Crippen molar-refractivity contribution in [2.24, 2.45) is 17.3 Å². The number of aryl methyl sites for hydroxylation is 1. The molecule has 2 aromatic rings. The number of allylic oxidation sites excluding steroid dienone is 1. The fraction of sp³-hybridized carbons (Fsp3) is 0.417. The monoisotopic (exact) mass is 359 g/mol. The van der Waals surface area contributed by atoms with Crippen molar-refractivity contribution in [3.05, 3.63) is 65.0 Å². The summed E-state index contributed by atoms with van der Waals surface area (Å²) in [5.74, 6) is 2.20. The maximum absolute atomic E-state index is 13.3. The third-order valence-corrected chi connectivity index (χ3v) is 7.36. The second kappa shape index (κ2) is 6.05. The van der Waals surface area contributed by atoms with Crippen LogP contribution in [0.1, 0.15) is 55.3 Å². The van der Waals surface area contributed by atoms with Crippen LogP contribution < -0.4 is 0 Å². The van der Waals surface area contributed by atoms with Gasteiger partial charge in [0.2, 0.25) is 0 Å². The number of nitrogens with zero attached hydrogens (tertiary/aromatic N) is 1. The van der Waals surface area contributed by atoms with Gasteiger partial charge in [0.25, 0.3) is 0 Å². The number of fused-ring (bicyclic) bond motifs is 5. The summed E-state index contributed by atoms with van der Waals surface area (Å²) in [6, 6.07) is 11.7. The number of ketones is 1. The van der Waals surface area contributed by atoms with Gasteiger partial charge in [-0.15, -0.1) is 0 Å². The summed E-state index contributed by atoms with van der Waals surface area (Å²) in [7, 11) is 0. The minimum absolute atomic E-state index is 0.226. The molecule has 4 unspecified atom stereocenters. The van der Waals surface area contributed by atoms with Crippen LogP contribution in [0, 0.1) is 17.3 Å². The van der Waals surface area contributed by atoms with E-state index < -0.39 is 0 Å². The SMILES string of the molecule is CC12CCC3c4ccc(O)cc4CCC3C1C/C(=C\c1ccccn1)C2=O. The highest BCUT2D eigenvalue weighted by molar-refractivity contribution is 6.05. The van der Waals surface area contributed by atoms with Gasteiger partial charge < -0.3 is 5.11 Å². The Hall–Kier alpha value is -2.42. The normalized spacial score (nSPS) is 33.4. The number of carbonyl (C=O) groups excluding carboxylic acids is 1. The number of carbonyl (C=O) groups is 1. The van der Waals surface area contributed by atoms with Gasteiger partial charge in [-0.2, -0.15) is 0 Å². The molecule has 0 saturated heterocycles. The lowest BCUT2D eigenvalue weighted by Gasteiger charge is -2.48. The molecule has 5 rings (SSSR count). The first-order chi connectivity index (χ1) is 13.1. The smallest absolute Gasteiger partial charge is 0.165 e. The van der Waals surface area contributed by atoms with Crippen LogP contribution >= 0.6 is 0 Å².